The van der Waals surface area contributed by atoms with Crippen molar-refractivity contribution in [1.82, 2.24) is 4.98 Å². The maximum atomic E-state index is 13.7. The molecule has 0 spiro atoms. The standard InChI is InChI=1S/C14H7F2N3S/c15-9-2-4-12-13(6-9)20-14(19-12)18-11-3-1-8(7-17)5-10(11)16/h1-6H,(H,18,19). The average Bonchev–Trinajstić information content (AvgIpc) is 2.82. The molecule has 3 aromatic rings. The predicted octanol–water partition coefficient (Wildman–Crippen LogP) is 4.19. The number of fused-ring (bicyclic) bond motifs is 1. The van der Waals surface area contributed by atoms with Crippen molar-refractivity contribution in [2.75, 3.05) is 5.32 Å². The highest BCUT2D eigenvalue weighted by Crippen LogP contribution is 2.29. The molecule has 0 saturated heterocycles. The van der Waals surface area contributed by atoms with Gasteiger partial charge in [-0.2, -0.15) is 5.26 Å². The number of halogens is 2. The fourth-order valence-corrected chi connectivity index (χ4v) is 2.66. The van der Waals surface area contributed by atoms with Crippen molar-refractivity contribution in [2.45, 2.75) is 0 Å². The van der Waals surface area contributed by atoms with Crippen LogP contribution in [0.2, 0.25) is 0 Å². The van der Waals surface area contributed by atoms with Crippen molar-refractivity contribution < 1.29 is 8.78 Å². The third-order valence-electron chi connectivity index (χ3n) is 2.69. The third kappa shape index (κ3) is 2.31. The zero-order chi connectivity index (χ0) is 14.1. The summed E-state index contributed by atoms with van der Waals surface area (Å²) < 4.78 is 27.5. The van der Waals surface area contributed by atoms with Gasteiger partial charge in [-0.05, 0) is 36.4 Å². The summed E-state index contributed by atoms with van der Waals surface area (Å²) in [5.74, 6) is -0.869. The number of benzene rings is 2. The second-order valence-corrected chi connectivity index (χ2v) is 5.09. The quantitative estimate of drug-likeness (QED) is 0.768. The molecule has 0 atom stereocenters. The Bertz CT molecular complexity index is 836. The van der Waals surface area contributed by atoms with E-state index < -0.39 is 5.82 Å². The average molecular weight is 287 g/mol. The van der Waals surface area contributed by atoms with Crippen LogP contribution in [0, 0.1) is 23.0 Å². The molecular formula is C14H7F2N3S. The van der Waals surface area contributed by atoms with E-state index >= 15 is 0 Å². The minimum absolute atomic E-state index is 0.225. The van der Waals surface area contributed by atoms with Gasteiger partial charge in [0.2, 0.25) is 0 Å². The van der Waals surface area contributed by atoms with Crippen LogP contribution in [0.4, 0.5) is 19.6 Å². The SMILES string of the molecule is N#Cc1ccc(Nc2nc3ccc(F)cc3s2)c(F)c1. The minimum atomic E-state index is -0.533. The minimum Gasteiger partial charge on any atom is -0.329 e. The molecule has 0 radical (unpaired) electrons. The summed E-state index contributed by atoms with van der Waals surface area (Å²) in [5, 5.41) is 12.0. The molecule has 2 aromatic carbocycles. The van der Waals surface area contributed by atoms with Gasteiger partial charge in [-0.1, -0.05) is 11.3 Å². The summed E-state index contributed by atoms with van der Waals surface area (Å²) in [6.45, 7) is 0. The van der Waals surface area contributed by atoms with Crippen molar-refractivity contribution in [2.24, 2.45) is 0 Å². The van der Waals surface area contributed by atoms with Gasteiger partial charge in [-0.25, -0.2) is 13.8 Å². The van der Waals surface area contributed by atoms with Crippen LogP contribution >= 0.6 is 11.3 Å². The molecule has 3 nitrogen and oxygen atoms in total. The van der Waals surface area contributed by atoms with E-state index in [-0.39, 0.29) is 17.1 Å². The zero-order valence-corrected chi connectivity index (χ0v) is 10.8. The monoisotopic (exact) mass is 287 g/mol. The summed E-state index contributed by atoms with van der Waals surface area (Å²) >= 11 is 1.23. The second-order valence-electron chi connectivity index (χ2n) is 4.06. The van der Waals surface area contributed by atoms with E-state index in [1.807, 2.05) is 6.07 Å². The number of nitrogens with one attached hydrogen (secondary N) is 1. The number of hydrogen-bond donors (Lipinski definition) is 1. The van der Waals surface area contributed by atoms with E-state index in [0.717, 1.165) is 6.07 Å². The van der Waals surface area contributed by atoms with Crippen LogP contribution in [0.3, 0.4) is 0 Å². The Balaban J connectivity index is 1.95. The topological polar surface area (TPSA) is 48.7 Å². The van der Waals surface area contributed by atoms with Gasteiger partial charge >= 0.3 is 0 Å². The Morgan fingerprint density at radius 1 is 1.15 bits per heavy atom. The molecule has 0 aliphatic carbocycles. The number of thiazole rings is 1. The first kappa shape index (κ1) is 12.5. The summed E-state index contributed by atoms with van der Waals surface area (Å²) in [6, 6.07) is 10.3. The Kier molecular flexibility index (Phi) is 3.05. The molecule has 0 fully saturated rings. The lowest BCUT2D eigenvalue weighted by Gasteiger charge is -2.03. The molecule has 98 valence electrons. The summed E-state index contributed by atoms with van der Waals surface area (Å²) in [6.07, 6.45) is 0. The normalized spacial score (nSPS) is 10.4. The lowest BCUT2D eigenvalue weighted by Crippen LogP contribution is -1.93. The molecule has 0 saturated carbocycles. The first-order valence-electron chi connectivity index (χ1n) is 5.68. The molecule has 3 rings (SSSR count). The Morgan fingerprint density at radius 2 is 2.00 bits per heavy atom. The highest BCUT2D eigenvalue weighted by molar-refractivity contribution is 7.22. The molecule has 0 unspecified atom stereocenters. The van der Waals surface area contributed by atoms with Gasteiger partial charge in [0, 0.05) is 0 Å². The van der Waals surface area contributed by atoms with Crippen molar-refractivity contribution >= 4 is 32.4 Å². The number of nitrogens with zero attached hydrogens (tertiary/aromatic N) is 2. The van der Waals surface area contributed by atoms with Gasteiger partial charge in [-0.15, -0.1) is 0 Å². The molecule has 1 aromatic heterocycles. The summed E-state index contributed by atoms with van der Waals surface area (Å²) in [5.41, 5.74) is 1.12. The first-order valence-corrected chi connectivity index (χ1v) is 6.50. The third-order valence-corrected chi connectivity index (χ3v) is 3.62. The second kappa shape index (κ2) is 4.87. The molecule has 6 heteroatoms. The van der Waals surface area contributed by atoms with Gasteiger partial charge in [0.25, 0.3) is 0 Å². The molecule has 1 N–H and O–H groups in total. The molecule has 0 bridgehead atoms. The Hall–Kier alpha value is -2.52. The van der Waals surface area contributed by atoms with Crippen LogP contribution in [0.25, 0.3) is 10.2 Å². The van der Waals surface area contributed by atoms with Crippen LogP contribution in [0.15, 0.2) is 36.4 Å². The Labute approximate surface area is 117 Å². The van der Waals surface area contributed by atoms with Gasteiger partial charge in [-0.3, -0.25) is 0 Å². The lowest BCUT2D eigenvalue weighted by atomic mass is 10.2. The van der Waals surface area contributed by atoms with Crippen molar-refractivity contribution in [3.63, 3.8) is 0 Å². The van der Waals surface area contributed by atoms with Gasteiger partial charge in [0.1, 0.15) is 11.6 Å². The maximum absolute atomic E-state index is 13.7. The predicted molar refractivity (Wildman–Crippen MR) is 74.0 cm³/mol. The van der Waals surface area contributed by atoms with Crippen molar-refractivity contribution in [3.05, 3.63) is 53.6 Å². The Morgan fingerprint density at radius 3 is 2.75 bits per heavy atom. The van der Waals surface area contributed by atoms with Crippen molar-refractivity contribution in [3.8, 4) is 6.07 Å². The number of nitriles is 1. The molecule has 20 heavy (non-hydrogen) atoms. The van der Waals surface area contributed by atoms with Gasteiger partial charge in [0.05, 0.1) is 27.5 Å². The van der Waals surface area contributed by atoms with E-state index in [1.165, 1.54) is 35.6 Å². The van der Waals surface area contributed by atoms with Crippen LogP contribution in [-0.4, -0.2) is 4.98 Å². The number of aromatic nitrogens is 1. The largest absolute Gasteiger partial charge is 0.329 e. The van der Waals surface area contributed by atoms with Gasteiger partial charge in [0.15, 0.2) is 5.13 Å². The summed E-state index contributed by atoms with van der Waals surface area (Å²) in [7, 11) is 0. The van der Waals surface area contributed by atoms with Crippen LogP contribution in [0.1, 0.15) is 5.56 Å². The van der Waals surface area contributed by atoms with Gasteiger partial charge < -0.3 is 5.32 Å². The van der Waals surface area contributed by atoms with E-state index in [4.69, 9.17) is 5.26 Å². The maximum Gasteiger partial charge on any atom is 0.188 e. The van der Waals surface area contributed by atoms with E-state index in [9.17, 15) is 8.78 Å². The molecule has 0 amide bonds. The van der Waals surface area contributed by atoms with E-state index in [1.54, 1.807) is 6.07 Å². The van der Waals surface area contributed by atoms with Crippen LogP contribution < -0.4 is 5.32 Å². The molecule has 1 heterocycles. The number of hydrogen-bond acceptors (Lipinski definition) is 4. The fraction of sp³-hybridized carbons (Fsp3) is 0. The van der Waals surface area contributed by atoms with Crippen LogP contribution in [-0.2, 0) is 0 Å². The molecule has 0 aliphatic rings. The van der Waals surface area contributed by atoms with Crippen LogP contribution in [0.5, 0.6) is 0 Å². The first-order chi connectivity index (χ1) is 9.65. The zero-order valence-electron chi connectivity index (χ0n) is 10.0. The highest BCUT2D eigenvalue weighted by atomic mass is 32.1. The summed E-state index contributed by atoms with van der Waals surface area (Å²) in [4.78, 5) is 4.24. The lowest BCUT2D eigenvalue weighted by molar-refractivity contribution is 0.630. The smallest absolute Gasteiger partial charge is 0.188 e. The fourth-order valence-electron chi connectivity index (χ4n) is 1.75. The molecular weight excluding hydrogens is 280 g/mol. The highest BCUT2D eigenvalue weighted by Gasteiger charge is 2.08. The number of rotatable bonds is 2. The van der Waals surface area contributed by atoms with Crippen molar-refractivity contribution in [1.29, 1.82) is 5.26 Å². The van der Waals surface area contributed by atoms with E-state index in [2.05, 4.69) is 10.3 Å². The number of anilines is 2. The van der Waals surface area contributed by atoms with E-state index in [0.29, 0.717) is 15.3 Å². The molecule has 0 aliphatic heterocycles.